The molecular weight excluding hydrogens is 550 g/mol. The zero-order chi connectivity index (χ0) is 28.9. The summed E-state index contributed by atoms with van der Waals surface area (Å²) >= 11 is 1.70. The molecule has 2 fully saturated rings. The van der Waals surface area contributed by atoms with E-state index in [2.05, 4.69) is 26.9 Å². The number of amides is 1. The van der Waals surface area contributed by atoms with Gasteiger partial charge in [0.25, 0.3) is 0 Å². The molecule has 2 saturated heterocycles. The monoisotopic (exact) mass is 574 g/mol. The highest BCUT2D eigenvalue weighted by molar-refractivity contribution is 7.09. The molecule has 0 saturated carbocycles. The van der Waals surface area contributed by atoms with Crippen LogP contribution in [0, 0.1) is 0 Å². The molecule has 11 nitrogen and oxygen atoms in total. The van der Waals surface area contributed by atoms with Gasteiger partial charge < -0.3 is 15.1 Å². The first-order valence-electron chi connectivity index (χ1n) is 10.7. The smallest absolute Gasteiger partial charge is 0.475 e. The fourth-order valence-electron chi connectivity index (χ4n) is 3.78. The van der Waals surface area contributed by atoms with Gasteiger partial charge in [0.2, 0.25) is 5.91 Å². The number of hydrogen-bond acceptors (Lipinski definition) is 8. The molecule has 1 atom stereocenters. The largest absolute Gasteiger partial charge is 0.490 e. The van der Waals surface area contributed by atoms with Crippen molar-refractivity contribution in [1.29, 1.82) is 0 Å². The molecule has 2 aromatic heterocycles. The second kappa shape index (κ2) is 12.1. The normalized spacial score (nSPS) is 20.5. The van der Waals surface area contributed by atoms with E-state index >= 15 is 0 Å². The van der Waals surface area contributed by atoms with Crippen LogP contribution in [0.25, 0.3) is 0 Å². The summed E-state index contributed by atoms with van der Waals surface area (Å²) < 4.78 is 65.2. The van der Waals surface area contributed by atoms with Gasteiger partial charge in [0.1, 0.15) is 5.01 Å². The Bertz CT molecular complexity index is 1080. The van der Waals surface area contributed by atoms with Crippen LogP contribution in [0.1, 0.15) is 11.4 Å². The molecule has 212 valence electrons. The Morgan fingerprint density at radius 2 is 1.66 bits per heavy atom. The number of halogens is 6. The molecule has 4 rings (SSSR count). The Labute approximate surface area is 215 Å². The van der Waals surface area contributed by atoms with E-state index in [1.807, 2.05) is 29.7 Å². The van der Waals surface area contributed by atoms with Crippen molar-refractivity contribution in [2.75, 3.05) is 38.1 Å². The van der Waals surface area contributed by atoms with Crippen LogP contribution in [0.3, 0.4) is 0 Å². The highest BCUT2D eigenvalue weighted by atomic mass is 32.1. The number of carboxylic acid groups (broad SMARTS) is 2. The predicted molar refractivity (Wildman–Crippen MR) is 120 cm³/mol. The van der Waals surface area contributed by atoms with Gasteiger partial charge in [-0.05, 0) is 13.5 Å². The van der Waals surface area contributed by atoms with Crippen molar-refractivity contribution >= 4 is 34.9 Å². The second-order valence-corrected chi connectivity index (χ2v) is 9.40. The van der Waals surface area contributed by atoms with Crippen molar-refractivity contribution in [2.45, 2.75) is 30.9 Å². The molecule has 1 unspecified atom stereocenters. The maximum atomic E-state index is 12.5. The van der Waals surface area contributed by atoms with E-state index in [0.29, 0.717) is 6.54 Å². The number of carbonyl (C=O) groups is 3. The number of hydrogen-bond donors (Lipinski definition) is 2. The minimum Gasteiger partial charge on any atom is -0.475 e. The molecule has 0 aromatic carbocycles. The van der Waals surface area contributed by atoms with Crippen LogP contribution in [-0.4, -0.2) is 104 Å². The lowest BCUT2D eigenvalue weighted by Crippen LogP contribution is -2.64. The summed E-state index contributed by atoms with van der Waals surface area (Å²) in [5.41, 5.74) is 0.912. The summed E-state index contributed by atoms with van der Waals surface area (Å²) in [7, 11) is 3.95. The summed E-state index contributed by atoms with van der Waals surface area (Å²) in [6.45, 7) is 4.09. The van der Waals surface area contributed by atoms with Crippen LogP contribution >= 0.6 is 11.3 Å². The van der Waals surface area contributed by atoms with Crippen molar-refractivity contribution < 1.29 is 50.9 Å². The minimum atomic E-state index is -5.08. The number of alkyl halides is 6. The van der Waals surface area contributed by atoms with Gasteiger partial charge in [0.05, 0.1) is 30.5 Å². The van der Waals surface area contributed by atoms with Crippen LogP contribution in [-0.2, 0) is 28.0 Å². The topological polar surface area (TPSA) is 132 Å². The highest BCUT2D eigenvalue weighted by Gasteiger charge is 2.47. The quantitative estimate of drug-likeness (QED) is 0.529. The van der Waals surface area contributed by atoms with Crippen molar-refractivity contribution in [3.05, 3.63) is 29.0 Å². The van der Waals surface area contributed by atoms with Crippen LogP contribution in [0.4, 0.5) is 32.0 Å². The van der Waals surface area contributed by atoms with E-state index in [9.17, 15) is 31.1 Å². The molecule has 2 aromatic rings. The van der Waals surface area contributed by atoms with Gasteiger partial charge in [0.15, 0.2) is 0 Å². The number of aliphatic carboxylic acids is 2. The molecule has 0 radical (unpaired) electrons. The number of nitrogens with zero attached hydrogens (tertiary/aromatic N) is 6. The number of carbonyl (C=O) groups excluding carboxylic acids is 1. The molecule has 2 N–H and O–H groups in total. The van der Waals surface area contributed by atoms with Crippen LogP contribution in [0.5, 0.6) is 0 Å². The molecule has 1 spiro atoms. The first-order chi connectivity index (χ1) is 17.4. The Hall–Kier alpha value is -3.25. The number of likely N-dealkylation sites (N-methyl/N-ethyl adjacent to an activating group) is 1. The first kappa shape index (κ1) is 31.0. The number of thiazole rings is 1. The van der Waals surface area contributed by atoms with Crippen LogP contribution in [0.15, 0.2) is 24.0 Å². The number of rotatable bonds is 3. The summed E-state index contributed by atoms with van der Waals surface area (Å²) in [5.74, 6) is -5.37. The van der Waals surface area contributed by atoms with Gasteiger partial charge in [-0.2, -0.15) is 31.4 Å². The van der Waals surface area contributed by atoms with E-state index in [1.165, 1.54) is 0 Å². The Kier molecular flexibility index (Phi) is 9.84. The van der Waals surface area contributed by atoms with Crippen molar-refractivity contribution in [2.24, 2.45) is 7.05 Å². The number of aryl methyl sites for hydroxylation is 1. The van der Waals surface area contributed by atoms with Crippen molar-refractivity contribution in [3.8, 4) is 0 Å². The fourth-order valence-corrected chi connectivity index (χ4v) is 4.44. The van der Waals surface area contributed by atoms with E-state index < -0.39 is 24.3 Å². The third kappa shape index (κ3) is 8.38. The molecule has 0 bridgehead atoms. The summed E-state index contributed by atoms with van der Waals surface area (Å²) in [6, 6.07) is 0. The third-order valence-electron chi connectivity index (χ3n) is 5.68. The lowest BCUT2D eigenvalue weighted by Gasteiger charge is -2.46. The third-order valence-corrected chi connectivity index (χ3v) is 6.44. The maximum Gasteiger partial charge on any atom is 0.490 e. The number of piperazine rings is 1. The lowest BCUT2D eigenvalue weighted by molar-refractivity contribution is -0.193. The van der Waals surface area contributed by atoms with E-state index in [1.54, 1.807) is 22.2 Å². The molecular formula is C20H24F6N6O5S. The van der Waals surface area contributed by atoms with Crippen molar-refractivity contribution in [3.63, 3.8) is 0 Å². The van der Waals surface area contributed by atoms with Gasteiger partial charge in [-0.25, -0.2) is 14.6 Å². The van der Waals surface area contributed by atoms with Crippen LogP contribution < -0.4 is 4.90 Å². The predicted octanol–water partition coefficient (Wildman–Crippen LogP) is 2.07. The SMILES string of the molecule is CN1CC(=O)N(c2cnn(C)c2)CC12CCN(Cc1nccs1)C2.O=C(O)C(F)(F)F.O=C(O)C(F)(F)F. The van der Waals surface area contributed by atoms with Gasteiger partial charge in [0, 0.05) is 44.5 Å². The molecule has 2 aliphatic rings. The highest BCUT2D eigenvalue weighted by Crippen LogP contribution is 2.34. The van der Waals surface area contributed by atoms with E-state index in [0.717, 1.165) is 43.3 Å². The number of anilines is 1. The average molecular weight is 575 g/mol. The summed E-state index contributed by atoms with van der Waals surface area (Å²) in [4.78, 5) is 41.3. The molecule has 1 amide bonds. The van der Waals surface area contributed by atoms with Gasteiger partial charge in [-0.15, -0.1) is 11.3 Å². The lowest BCUT2D eigenvalue weighted by atomic mass is 9.93. The zero-order valence-corrected chi connectivity index (χ0v) is 20.8. The van der Waals surface area contributed by atoms with Gasteiger partial charge in [-0.3, -0.25) is 19.3 Å². The number of aromatic nitrogens is 3. The Morgan fingerprint density at radius 1 is 1.08 bits per heavy atom. The fraction of sp³-hybridized carbons (Fsp3) is 0.550. The standard InChI is InChI=1S/C16H22N6OS.2C2HF3O2/c1-19-10-15(23)22(13-7-18-20(2)8-13)12-16(19)3-5-21(11-16)9-14-17-4-6-24-14;2*3-2(4,5)1(6)7/h4,6-8H,3,5,9-12H2,1-2H3;2*(H,6,7). The van der Waals surface area contributed by atoms with Crippen molar-refractivity contribution in [1.82, 2.24) is 24.6 Å². The number of carboxylic acids is 2. The van der Waals surface area contributed by atoms with Gasteiger partial charge in [-0.1, -0.05) is 0 Å². The average Bonchev–Trinajstić information content (AvgIpc) is 3.53. The second-order valence-electron chi connectivity index (χ2n) is 8.42. The molecule has 38 heavy (non-hydrogen) atoms. The summed E-state index contributed by atoms with van der Waals surface area (Å²) in [6.07, 6.45) is -3.54. The molecule has 0 aliphatic carbocycles. The zero-order valence-electron chi connectivity index (χ0n) is 20.0. The minimum absolute atomic E-state index is 0.0149. The summed E-state index contributed by atoms with van der Waals surface area (Å²) in [5, 5.41) is 21.6. The number of likely N-dealkylation sites (tertiary alicyclic amines) is 1. The maximum absolute atomic E-state index is 12.5. The van der Waals surface area contributed by atoms with Gasteiger partial charge >= 0.3 is 24.3 Å². The molecule has 18 heteroatoms. The first-order valence-corrected chi connectivity index (χ1v) is 11.5. The van der Waals surface area contributed by atoms with E-state index in [4.69, 9.17) is 19.8 Å². The Morgan fingerprint density at radius 3 is 2.11 bits per heavy atom. The Balaban J connectivity index is 0.000000301. The van der Waals surface area contributed by atoms with Crippen LogP contribution in [0.2, 0.25) is 0 Å². The molecule has 2 aliphatic heterocycles. The molecule has 4 heterocycles. The van der Waals surface area contributed by atoms with E-state index in [-0.39, 0.29) is 11.4 Å².